The summed E-state index contributed by atoms with van der Waals surface area (Å²) in [5, 5.41) is 3.66. The number of ether oxygens (including phenoxy) is 3. The number of nitrogens with one attached hydrogen (secondary N) is 1. The third kappa shape index (κ3) is 10.1. The molecule has 0 fully saturated rings. The van der Waals surface area contributed by atoms with Crippen molar-refractivity contribution in [1.29, 1.82) is 0 Å². The summed E-state index contributed by atoms with van der Waals surface area (Å²) < 4.78 is 16.0. The molecule has 0 saturated carbocycles. The zero-order valence-corrected chi connectivity index (χ0v) is 17.5. The fourth-order valence-electron chi connectivity index (χ4n) is 3.42. The van der Waals surface area contributed by atoms with Crippen molar-refractivity contribution in [2.75, 3.05) is 33.2 Å². The molecule has 0 bridgehead atoms. The highest BCUT2D eigenvalue weighted by atomic mass is 16.9. The van der Waals surface area contributed by atoms with Crippen molar-refractivity contribution >= 4 is 5.69 Å². The third-order valence-corrected chi connectivity index (χ3v) is 5.12. The standard InChI is InChI=1S/C22H40N2O3/c1-25-22(26-2,27-3)18-12-7-5-4-6-9-14-21(17-13-19-23)24-20-15-10-8-11-16-20/h8,10-11,15-16,21,24H,4-7,9,12-14,17-19,23H2,1-3H3. The average molecular weight is 381 g/mol. The number of hydrogen-bond acceptors (Lipinski definition) is 5. The fraction of sp³-hybridized carbons (Fsp3) is 0.727. The van der Waals surface area contributed by atoms with Crippen LogP contribution in [0, 0.1) is 0 Å². The second-order valence-electron chi connectivity index (χ2n) is 7.09. The summed E-state index contributed by atoms with van der Waals surface area (Å²) in [5.74, 6) is -0.876. The van der Waals surface area contributed by atoms with Gasteiger partial charge in [-0.2, -0.15) is 0 Å². The largest absolute Gasteiger partial charge is 0.382 e. The van der Waals surface area contributed by atoms with E-state index in [-0.39, 0.29) is 0 Å². The molecular formula is C22H40N2O3. The quantitative estimate of drug-likeness (QED) is 0.297. The van der Waals surface area contributed by atoms with Gasteiger partial charge in [0.15, 0.2) is 0 Å². The second kappa shape index (κ2) is 14.9. The SMILES string of the molecule is COC(CCCCCCCCC(CCCN)Nc1ccccc1)(OC)OC. The van der Waals surface area contributed by atoms with Gasteiger partial charge in [-0.05, 0) is 44.4 Å². The first-order valence-corrected chi connectivity index (χ1v) is 10.4. The molecule has 5 nitrogen and oxygen atoms in total. The molecule has 0 heterocycles. The second-order valence-corrected chi connectivity index (χ2v) is 7.09. The molecule has 0 radical (unpaired) electrons. The summed E-state index contributed by atoms with van der Waals surface area (Å²) in [5.41, 5.74) is 6.91. The van der Waals surface area contributed by atoms with E-state index in [1.54, 1.807) is 21.3 Å². The molecule has 1 aromatic rings. The Balaban J connectivity index is 2.16. The molecule has 0 aliphatic heterocycles. The van der Waals surface area contributed by atoms with E-state index in [0.29, 0.717) is 6.04 Å². The molecule has 1 rings (SSSR count). The minimum Gasteiger partial charge on any atom is -0.382 e. The Bertz CT molecular complexity index is 444. The van der Waals surface area contributed by atoms with E-state index in [9.17, 15) is 0 Å². The van der Waals surface area contributed by atoms with Crippen molar-refractivity contribution in [3.05, 3.63) is 30.3 Å². The first-order chi connectivity index (χ1) is 13.2. The molecule has 156 valence electrons. The highest BCUT2D eigenvalue weighted by molar-refractivity contribution is 5.43. The number of methoxy groups -OCH3 is 3. The van der Waals surface area contributed by atoms with Crippen LogP contribution in [0.15, 0.2) is 30.3 Å². The zero-order valence-electron chi connectivity index (χ0n) is 17.5. The monoisotopic (exact) mass is 380 g/mol. The maximum Gasteiger partial charge on any atom is 0.282 e. The van der Waals surface area contributed by atoms with Gasteiger partial charge in [0.2, 0.25) is 0 Å². The molecule has 0 aromatic heterocycles. The molecular weight excluding hydrogens is 340 g/mol. The highest BCUT2D eigenvalue weighted by Gasteiger charge is 2.28. The Labute approximate surface area is 166 Å². The Morgan fingerprint density at radius 3 is 1.96 bits per heavy atom. The molecule has 0 saturated heterocycles. The zero-order chi connectivity index (χ0) is 19.8. The summed E-state index contributed by atoms with van der Waals surface area (Å²) in [4.78, 5) is 0. The maximum atomic E-state index is 5.70. The lowest BCUT2D eigenvalue weighted by molar-refractivity contribution is -0.355. The van der Waals surface area contributed by atoms with Gasteiger partial charge in [-0.15, -0.1) is 0 Å². The van der Waals surface area contributed by atoms with Gasteiger partial charge in [0, 0.05) is 39.5 Å². The van der Waals surface area contributed by atoms with Gasteiger partial charge in [-0.25, -0.2) is 0 Å². The fourth-order valence-corrected chi connectivity index (χ4v) is 3.42. The van der Waals surface area contributed by atoms with Crippen LogP contribution in [0.25, 0.3) is 0 Å². The number of unbranched alkanes of at least 4 members (excludes halogenated alkanes) is 5. The number of rotatable bonds is 17. The van der Waals surface area contributed by atoms with Gasteiger partial charge in [-0.1, -0.05) is 50.3 Å². The van der Waals surface area contributed by atoms with Crippen molar-refractivity contribution in [3.8, 4) is 0 Å². The van der Waals surface area contributed by atoms with Crippen molar-refractivity contribution in [2.24, 2.45) is 5.73 Å². The van der Waals surface area contributed by atoms with Crippen LogP contribution in [-0.4, -0.2) is 39.9 Å². The number of nitrogens with two attached hydrogens (primary N) is 1. The topological polar surface area (TPSA) is 65.7 Å². The minimum atomic E-state index is -0.876. The summed E-state index contributed by atoms with van der Waals surface area (Å²) in [6.45, 7) is 0.763. The minimum absolute atomic E-state index is 0.515. The normalized spacial score (nSPS) is 12.9. The van der Waals surface area contributed by atoms with Crippen molar-refractivity contribution in [1.82, 2.24) is 0 Å². The summed E-state index contributed by atoms with van der Waals surface area (Å²) in [6, 6.07) is 11.0. The van der Waals surface area contributed by atoms with Crippen LogP contribution in [0.1, 0.15) is 64.2 Å². The molecule has 0 aliphatic rings. The molecule has 3 N–H and O–H groups in total. The molecule has 0 aliphatic carbocycles. The predicted molar refractivity (Wildman–Crippen MR) is 113 cm³/mol. The van der Waals surface area contributed by atoms with Gasteiger partial charge in [-0.3, -0.25) is 0 Å². The molecule has 0 spiro atoms. The van der Waals surface area contributed by atoms with Crippen LogP contribution in [0.2, 0.25) is 0 Å². The van der Waals surface area contributed by atoms with Crippen LogP contribution in [0.5, 0.6) is 0 Å². The van der Waals surface area contributed by atoms with Crippen LogP contribution in [0.4, 0.5) is 5.69 Å². The van der Waals surface area contributed by atoms with E-state index < -0.39 is 5.97 Å². The van der Waals surface area contributed by atoms with Gasteiger partial charge >= 0.3 is 0 Å². The lowest BCUT2D eigenvalue weighted by Crippen LogP contribution is -2.35. The lowest BCUT2D eigenvalue weighted by Gasteiger charge is -2.28. The number of hydrogen-bond donors (Lipinski definition) is 2. The van der Waals surface area contributed by atoms with E-state index in [4.69, 9.17) is 19.9 Å². The number of para-hydroxylation sites is 1. The molecule has 5 heteroatoms. The van der Waals surface area contributed by atoms with E-state index >= 15 is 0 Å². The first-order valence-electron chi connectivity index (χ1n) is 10.4. The maximum absolute atomic E-state index is 5.70. The van der Waals surface area contributed by atoms with Crippen LogP contribution >= 0.6 is 0 Å². The lowest BCUT2D eigenvalue weighted by atomic mass is 10.0. The Hall–Kier alpha value is -1.14. The van der Waals surface area contributed by atoms with Gasteiger partial charge in [0.05, 0.1) is 0 Å². The van der Waals surface area contributed by atoms with Crippen LogP contribution in [-0.2, 0) is 14.2 Å². The summed E-state index contributed by atoms with van der Waals surface area (Å²) in [6.07, 6.45) is 11.5. The smallest absolute Gasteiger partial charge is 0.282 e. The Kier molecular flexibility index (Phi) is 13.2. The van der Waals surface area contributed by atoms with Crippen molar-refractivity contribution in [2.45, 2.75) is 76.2 Å². The van der Waals surface area contributed by atoms with Gasteiger partial charge in [0.25, 0.3) is 5.97 Å². The summed E-state index contributed by atoms with van der Waals surface area (Å²) in [7, 11) is 4.87. The van der Waals surface area contributed by atoms with E-state index in [1.807, 2.05) is 0 Å². The van der Waals surface area contributed by atoms with E-state index in [2.05, 4.69) is 35.6 Å². The first kappa shape index (κ1) is 23.9. The van der Waals surface area contributed by atoms with E-state index in [0.717, 1.165) is 32.2 Å². The Morgan fingerprint density at radius 2 is 1.37 bits per heavy atom. The number of benzene rings is 1. The van der Waals surface area contributed by atoms with Crippen LogP contribution in [0.3, 0.4) is 0 Å². The molecule has 1 aromatic carbocycles. The van der Waals surface area contributed by atoms with Crippen molar-refractivity contribution in [3.63, 3.8) is 0 Å². The van der Waals surface area contributed by atoms with Gasteiger partial charge in [0.1, 0.15) is 0 Å². The Morgan fingerprint density at radius 1 is 0.815 bits per heavy atom. The molecule has 1 atom stereocenters. The highest BCUT2D eigenvalue weighted by Crippen LogP contribution is 2.22. The third-order valence-electron chi connectivity index (χ3n) is 5.12. The van der Waals surface area contributed by atoms with E-state index in [1.165, 1.54) is 44.2 Å². The molecule has 0 amide bonds. The summed E-state index contributed by atoms with van der Waals surface area (Å²) >= 11 is 0. The van der Waals surface area contributed by atoms with Gasteiger partial charge < -0.3 is 25.3 Å². The average Bonchev–Trinajstić information content (AvgIpc) is 2.72. The molecule has 1 unspecified atom stereocenters. The number of anilines is 1. The van der Waals surface area contributed by atoms with Crippen LogP contribution < -0.4 is 11.1 Å². The predicted octanol–water partition coefficient (Wildman–Crippen LogP) is 4.92. The van der Waals surface area contributed by atoms with Crippen molar-refractivity contribution < 1.29 is 14.2 Å². The molecule has 27 heavy (non-hydrogen) atoms.